The van der Waals surface area contributed by atoms with E-state index in [0.29, 0.717) is 12.3 Å². The number of benzene rings is 1. The van der Waals surface area contributed by atoms with Gasteiger partial charge in [0.25, 0.3) is 0 Å². The number of nitriles is 1. The Bertz CT molecular complexity index is 655. The second kappa shape index (κ2) is 9.23. The molecular weight excluding hydrogens is 297 g/mol. The lowest BCUT2D eigenvalue weighted by Gasteiger charge is -2.28. The highest BCUT2D eigenvalue weighted by Crippen LogP contribution is 2.35. The summed E-state index contributed by atoms with van der Waals surface area (Å²) in [6, 6.07) is 6.66. The second-order valence-electron chi connectivity index (χ2n) is 6.56. The van der Waals surface area contributed by atoms with Gasteiger partial charge in [0.2, 0.25) is 0 Å². The van der Waals surface area contributed by atoms with E-state index >= 15 is 0 Å². The molecule has 1 aliphatic rings. The van der Waals surface area contributed by atoms with Gasteiger partial charge in [-0.25, -0.2) is 4.39 Å². The minimum Gasteiger partial charge on any atom is -0.206 e. The van der Waals surface area contributed by atoms with Gasteiger partial charge in [-0.1, -0.05) is 50.3 Å². The standard InChI is InChI=1S/C22H26FN/c1-3-6-19(20-12-9-17(4-2)10-13-20)8-5-7-18-11-14-21(16-24)22(23)15-18/h3,5-6,8,11,14-15,17,20H,1,4,7,9-10,12-13H2,2H3/b8-5-,19-6+. The summed E-state index contributed by atoms with van der Waals surface area (Å²) in [5.41, 5.74) is 2.31. The Hall–Kier alpha value is -2.14. The third kappa shape index (κ3) is 4.93. The zero-order chi connectivity index (χ0) is 17.4. The number of hydrogen-bond acceptors (Lipinski definition) is 1. The van der Waals surface area contributed by atoms with E-state index in [1.54, 1.807) is 6.07 Å². The lowest BCUT2D eigenvalue weighted by atomic mass is 9.77. The van der Waals surface area contributed by atoms with Crippen molar-refractivity contribution in [2.45, 2.75) is 45.4 Å². The fourth-order valence-corrected chi connectivity index (χ4v) is 3.48. The molecule has 0 unspecified atom stereocenters. The summed E-state index contributed by atoms with van der Waals surface area (Å²) in [5.74, 6) is 1.06. The van der Waals surface area contributed by atoms with Crippen LogP contribution < -0.4 is 0 Å². The summed E-state index contributed by atoms with van der Waals surface area (Å²) in [6.07, 6.45) is 15.3. The predicted octanol–water partition coefficient (Wildman–Crippen LogP) is 6.12. The quantitative estimate of drug-likeness (QED) is 0.578. The second-order valence-corrected chi connectivity index (χ2v) is 6.56. The van der Waals surface area contributed by atoms with Crippen LogP contribution in [0.5, 0.6) is 0 Å². The maximum atomic E-state index is 13.6. The normalized spacial score (nSPS) is 21.6. The maximum absolute atomic E-state index is 13.6. The average Bonchev–Trinajstić information content (AvgIpc) is 2.61. The Balaban J connectivity index is 1.99. The molecule has 0 saturated heterocycles. The van der Waals surface area contributed by atoms with Crippen molar-refractivity contribution in [1.82, 2.24) is 0 Å². The first-order valence-corrected chi connectivity index (χ1v) is 8.85. The highest BCUT2D eigenvalue weighted by molar-refractivity contribution is 5.35. The lowest BCUT2D eigenvalue weighted by molar-refractivity contribution is 0.298. The summed E-state index contributed by atoms with van der Waals surface area (Å²) < 4.78 is 13.6. The van der Waals surface area contributed by atoms with Crippen molar-refractivity contribution in [2.75, 3.05) is 0 Å². The average molecular weight is 323 g/mol. The largest absolute Gasteiger partial charge is 0.206 e. The molecule has 2 rings (SSSR count). The molecule has 1 nitrogen and oxygen atoms in total. The van der Waals surface area contributed by atoms with E-state index in [1.807, 2.05) is 18.2 Å². The van der Waals surface area contributed by atoms with Crippen LogP contribution in [0.25, 0.3) is 0 Å². The Kier molecular flexibility index (Phi) is 7.00. The number of hydrogen-bond donors (Lipinski definition) is 0. The first-order chi connectivity index (χ1) is 11.7. The van der Waals surface area contributed by atoms with E-state index < -0.39 is 5.82 Å². The summed E-state index contributed by atoms with van der Waals surface area (Å²) >= 11 is 0. The Morgan fingerprint density at radius 3 is 2.67 bits per heavy atom. The minimum atomic E-state index is -0.442. The van der Waals surface area contributed by atoms with Gasteiger partial charge in [-0.05, 0) is 67.2 Å². The molecule has 0 aromatic heterocycles. The van der Waals surface area contributed by atoms with Crippen LogP contribution in [-0.4, -0.2) is 0 Å². The molecule has 0 bridgehead atoms. The predicted molar refractivity (Wildman–Crippen MR) is 98.0 cm³/mol. The number of halogens is 1. The molecule has 0 heterocycles. The molecule has 1 fully saturated rings. The van der Waals surface area contributed by atoms with Gasteiger partial charge in [0.1, 0.15) is 11.9 Å². The van der Waals surface area contributed by atoms with Gasteiger partial charge in [-0.2, -0.15) is 5.26 Å². The SMILES string of the molecule is C=C/C=C(\C=C/Cc1ccc(C#N)c(F)c1)C1CCC(CC)CC1. The first kappa shape index (κ1) is 18.2. The molecule has 0 spiro atoms. The van der Waals surface area contributed by atoms with Gasteiger partial charge in [-0.15, -0.1) is 0 Å². The molecule has 0 amide bonds. The van der Waals surface area contributed by atoms with Crippen LogP contribution in [0.15, 0.2) is 54.7 Å². The van der Waals surface area contributed by atoms with Gasteiger partial charge < -0.3 is 0 Å². The van der Waals surface area contributed by atoms with Crippen molar-refractivity contribution >= 4 is 0 Å². The van der Waals surface area contributed by atoms with Crippen LogP contribution in [0.1, 0.15) is 50.2 Å². The number of nitrogens with zero attached hydrogens (tertiary/aromatic N) is 1. The van der Waals surface area contributed by atoms with Crippen LogP contribution in [0.3, 0.4) is 0 Å². The summed E-state index contributed by atoms with van der Waals surface area (Å²) in [4.78, 5) is 0. The zero-order valence-corrected chi connectivity index (χ0v) is 14.5. The van der Waals surface area contributed by atoms with Crippen molar-refractivity contribution in [2.24, 2.45) is 11.8 Å². The third-order valence-electron chi connectivity index (χ3n) is 5.02. The van der Waals surface area contributed by atoms with Crippen LogP contribution in [0.4, 0.5) is 4.39 Å². The molecule has 0 N–H and O–H groups in total. The fourth-order valence-electron chi connectivity index (χ4n) is 3.48. The van der Waals surface area contributed by atoms with E-state index in [-0.39, 0.29) is 5.56 Å². The maximum Gasteiger partial charge on any atom is 0.141 e. The van der Waals surface area contributed by atoms with Crippen molar-refractivity contribution < 1.29 is 4.39 Å². The molecule has 0 aliphatic heterocycles. The summed E-state index contributed by atoms with van der Waals surface area (Å²) in [5, 5.41) is 8.78. The Morgan fingerprint density at radius 1 is 1.33 bits per heavy atom. The van der Waals surface area contributed by atoms with Gasteiger partial charge >= 0.3 is 0 Å². The molecule has 24 heavy (non-hydrogen) atoms. The van der Waals surface area contributed by atoms with E-state index in [2.05, 4.69) is 31.7 Å². The number of allylic oxidation sites excluding steroid dienone is 5. The number of rotatable bonds is 6. The lowest BCUT2D eigenvalue weighted by Crippen LogP contribution is -2.15. The molecule has 1 aromatic rings. The van der Waals surface area contributed by atoms with Gasteiger partial charge in [0.05, 0.1) is 5.56 Å². The molecule has 126 valence electrons. The minimum absolute atomic E-state index is 0.0997. The van der Waals surface area contributed by atoms with Crippen LogP contribution >= 0.6 is 0 Å². The molecule has 2 heteroatoms. The van der Waals surface area contributed by atoms with Crippen molar-refractivity contribution in [3.63, 3.8) is 0 Å². The van der Waals surface area contributed by atoms with Gasteiger partial charge in [0.15, 0.2) is 0 Å². The van der Waals surface area contributed by atoms with Crippen molar-refractivity contribution in [3.8, 4) is 6.07 Å². The molecule has 1 aromatic carbocycles. The van der Waals surface area contributed by atoms with Crippen molar-refractivity contribution in [3.05, 3.63) is 71.6 Å². The van der Waals surface area contributed by atoms with Gasteiger partial charge in [-0.3, -0.25) is 0 Å². The summed E-state index contributed by atoms with van der Waals surface area (Å²) in [7, 11) is 0. The molecule has 1 aliphatic carbocycles. The molecule has 0 radical (unpaired) electrons. The van der Waals surface area contributed by atoms with Crippen LogP contribution in [0, 0.1) is 29.0 Å². The van der Waals surface area contributed by atoms with Crippen LogP contribution in [0.2, 0.25) is 0 Å². The van der Waals surface area contributed by atoms with E-state index in [0.717, 1.165) is 11.5 Å². The molecular formula is C22H26FN. The first-order valence-electron chi connectivity index (χ1n) is 8.85. The smallest absolute Gasteiger partial charge is 0.141 e. The Morgan fingerprint density at radius 2 is 2.08 bits per heavy atom. The highest BCUT2D eigenvalue weighted by atomic mass is 19.1. The molecule has 1 saturated carbocycles. The van der Waals surface area contributed by atoms with E-state index in [9.17, 15) is 4.39 Å². The van der Waals surface area contributed by atoms with E-state index in [4.69, 9.17) is 5.26 Å². The zero-order valence-electron chi connectivity index (χ0n) is 14.5. The van der Waals surface area contributed by atoms with Crippen molar-refractivity contribution in [1.29, 1.82) is 5.26 Å². The summed E-state index contributed by atoms with van der Waals surface area (Å²) in [6.45, 7) is 6.11. The fraction of sp³-hybridized carbons (Fsp3) is 0.409. The van der Waals surface area contributed by atoms with Crippen LogP contribution in [-0.2, 0) is 6.42 Å². The highest BCUT2D eigenvalue weighted by Gasteiger charge is 2.21. The van der Waals surface area contributed by atoms with E-state index in [1.165, 1.54) is 43.7 Å². The monoisotopic (exact) mass is 323 g/mol. The van der Waals surface area contributed by atoms with Gasteiger partial charge in [0, 0.05) is 0 Å². The topological polar surface area (TPSA) is 23.8 Å². The third-order valence-corrected chi connectivity index (χ3v) is 5.02. The molecule has 0 atom stereocenters. The Labute approximate surface area is 145 Å².